The first kappa shape index (κ1) is 22.5. The highest BCUT2D eigenvalue weighted by Gasteiger charge is 2.30. The molecule has 0 saturated carbocycles. The van der Waals surface area contributed by atoms with Gasteiger partial charge in [0.2, 0.25) is 0 Å². The van der Waals surface area contributed by atoms with Crippen LogP contribution in [0.1, 0.15) is 46.5 Å². The van der Waals surface area contributed by atoms with Crippen molar-refractivity contribution in [2.75, 3.05) is 0 Å². The molecule has 2 aromatic heterocycles. The van der Waals surface area contributed by atoms with Crippen LogP contribution in [0.4, 0.5) is 0 Å². The molecule has 5 aromatic rings. The quantitative estimate of drug-likeness (QED) is 0.371. The molecular formula is C29H28N4O2. The van der Waals surface area contributed by atoms with Gasteiger partial charge in [0.25, 0.3) is 11.1 Å². The normalized spacial score (nSPS) is 11.3. The lowest BCUT2D eigenvalue weighted by atomic mass is 9.85. The number of benzene rings is 3. The molecule has 0 fully saturated rings. The summed E-state index contributed by atoms with van der Waals surface area (Å²) in [6.45, 7) is 5.89. The maximum Gasteiger partial charge on any atom is 0.275 e. The summed E-state index contributed by atoms with van der Waals surface area (Å²) in [5.74, 6) is -0.525. The van der Waals surface area contributed by atoms with E-state index < -0.39 is 5.92 Å². The van der Waals surface area contributed by atoms with Gasteiger partial charge in [-0.25, -0.2) is 9.36 Å². The molecule has 0 atom stereocenters. The molecule has 0 aliphatic rings. The minimum absolute atomic E-state index is 0.162. The van der Waals surface area contributed by atoms with E-state index in [9.17, 15) is 9.59 Å². The van der Waals surface area contributed by atoms with Crippen LogP contribution in [0, 0.1) is 13.8 Å². The van der Waals surface area contributed by atoms with Gasteiger partial charge in [-0.1, -0.05) is 67.6 Å². The van der Waals surface area contributed by atoms with Crippen LogP contribution in [0.15, 0.2) is 94.5 Å². The average molecular weight is 465 g/mol. The topological polar surface area (TPSA) is 75.6 Å². The third-order valence-electron chi connectivity index (χ3n) is 6.56. The Balaban J connectivity index is 1.76. The molecule has 0 aliphatic carbocycles. The highest BCUT2D eigenvalue weighted by molar-refractivity contribution is 5.48. The van der Waals surface area contributed by atoms with Crippen LogP contribution in [0.25, 0.3) is 11.4 Å². The first-order valence-electron chi connectivity index (χ1n) is 11.8. The SMILES string of the molecule is CCc1ccc(C(c2c(C)[nH]n(-c3ccccc3)c2=O)c2c(C)[nH]n(-c3ccccc3)c2=O)cc1. The molecular weight excluding hydrogens is 436 g/mol. The van der Waals surface area contributed by atoms with Crippen LogP contribution in [-0.2, 0) is 6.42 Å². The van der Waals surface area contributed by atoms with Gasteiger partial charge in [0, 0.05) is 17.3 Å². The second kappa shape index (κ2) is 9.14. The van der Waals surface area contributed by atoms with Crippen LogP contribution >= 0.6 is 0 Å². The first-order chi connectivity index (χ1) is 17.0. The van der Waals surface area contributed by atoms with Crippen molar-refractivity contribution in [3.05, 3.63) is 139 Å². The maximum absolute atomic E-state index is 13.8. The number of aromatic amines is 2. The summed E-state index contributed by atoms with van der Waals surface area (Å²) in [6.07, 6.45) is 0.916. The summed E-state index contributed by atoms with van der Waals surface area (Å²) in [7, 11) is 0. The fourth-order valence-corrected chi connectivity index (χ4v) is 4.74. The Morgan fingerprint density at radius 2 is 1.09 bits per heavy atom. The lowest BCUT2D eigenvalue weighted by Crippen LogP contribution is -2.25. The van der Waals surface area contributed by atoms with Crippen molar-refractivity contribution in [2.45, 2.75) is 33.1 Å². The van der Waals surface area contributed by atoms with Crippen LogP contribution in [0.2, 0.25) is 0 Å². The van der Waals surface area contributed by atoms with Gasteiger partial charge in [-0.3, -0.25) is 19.8 Å². The first-order valence-corrected chi connectivity index (χ1v) is 11.8. The minimum atomic E-state index is -0.525. The summed E-state index contributed by atoms with van der Waals surface area (Å²) in [4.78, 5) is 27.6. The molecule has 35 heavy (non-hydrogen) atoms. The third kappa shape index (κ3) is 3.97. The predicted molar refractivity (Wildman–Crippen MR) is 139 cm³/mol. The van der Waals surface area contributed by atoms with E-state index in [-0.39, 0.29) is 11.1 Å². The van der Waals surface area contributed by atoms with Crippen LogP contribution in [0.3, 0.4) is 0 Å². The van der Waals surface area contributed by atoms with Gasteiger partial charge in [0.15, 0.2) is 0 Å². The van der Waals surface area contributed by atoms with Gasteiger partial charge in [-0.2, -0.15) is 0 Å². The molecule has 0 bridgehead atoms. The molecule has 0 aliphatic heterocycles. The Hall–Kier alpha value is -4.32. The van der Waals surface area contributed by atoms with Crippen LogP contribution in [0.5, 0.6) is 0 Å². The average Bonchev–Trinajstić information content (AvgIpc) is 3.36. The smallest absolute Gasteiger partial charge is 0.275 e. The maximum atomic E-state index is 13.8. The fourth-order valence-electron chi connectivity index (χ4n) is 4.74. The second-order valence-electron chi connectivity index (χ2n) is 8.78. The summed E-state index contributed by atoms with van der Waals surface area (Å²) >= 11 is 0. The molecule has 0 spiro atoms. The number of para-hydroxylation sites is 2. The highest BCUT2D eigenvalue weighted by atomic mass is 16.1. The van der Waals surface area contributed by atoms with Crippen LogP contribution in [-0.4, -0.2) is 19.6 Å². The molecule has 0 radical (unpaired) electrons. The zero-order valence-electron chi connectivity index (χ0n) is 20.1. The summed E-state index contributed by atoms with van der Waals surface area (Å²) in [5, 5.41) is 6.47. The Kier molecular flexibility index (Phi) is 5.87. The van der Waals surface area contributed by atoms with Gasteiger partial charge in [0.1, 0.15) is 0 Å². The van der Waals surface area contributed by atoms with Crippen molar-refractivity contribution >= 4 is 0 Å². The zero-order chi connectivity index (χ0) is 24.5. The Bertz CT molecular complexity index is 1470. The molecule has 2 N–H and O–H groups in total. The Labute approximate surface area is 203 Å². The largest absolute Gasteiger partial charge is 0.295 e. The van der Waals surface area contributed by atoms with Crippen molar-refractivity contribution in [3.63, 3.8) is 0 Å². The van der Waals surface area contributed by atoms with E-state index in [0.717, 1.165) is 34.7 Å². The number of hydrogen-bond acceptors (Lipinski definition) is 2. The molecule has 176 valence electrons. The molecule has 6 heteroatoms. The standard InChI is InChI=1S/C29H28N4O2/c1-4-21-15-17-22(18-16-21)27(25-19(2)30-32(28(25)34)23-11-7-5-8-12-23)26-20(3)31-33(29(26)35)24-13-9-6-10-14-24/h5-18,27,30-31H,4H2,1-3H3. The van der Waals surface area contributed by atoms with Crippen LogP contribution < -0.4 is 11.1 Å². The molecule has 2 heterocycles. The van der Waals surface area contributed by atoms with Gasteiger partial charge >= 0.3 is 0 Å². The zero-order valence-corrected chi connectivity index (χ0v) is 20.1. The number of aryl methyl sites for hydroxylation is 3. The highest BCUT2D eigenvalue weighted by Crippen LogP contribution is 2.32. The Morgan fingerprint density at radius 1 is 0.657 bits per heavy atom. The number of rotatable bonds is 6. The van der Waals surface area contributed by atoms with E-state index >= 15 is 0 Å². The Morgan fingerprint density at radius 3 is 1.49 bits per heavy atom. The summed E-state index contributed by atoms with van der Waals surface area (Å²) < 4.78 is 3.10. The van der Waals surface area contributed by atoms with Crippen molar-refractivity contribution in [1.29, 1.82) is 0 Å². The number of nitrogens with one attached hydrogen (secondary N) is 2. The van der Waals surface area contributed by atoms with Gasteiger partial charge in [-0.15, -0.1) is 0 Å². The molecule has 0 amide bonds. The fraction of sp³-hybridized carbons (Fsp3) is 0.172. The van der Waals surface area contributed by atoms with E-state index in [2.05, 4.69) is 29.3 Å². The number of hydrogen-bond donors (Lipinski definition) is 2. The number of aromatic nitrogens is 4. The number of nitrogens with zero attached hydrogens (tertiary/aromatic N) is 2. The van der Waals surface area contributed by atoms with E-state index in [0.29, 0.717) is 11.1 Å². The van der Waals surface area contributed by atoms with E-state index in [1.54, 1.807) is 9.36 Å². The molecule has 6 nitrogen and oxygen atoms in total. The van der Waals surface area contributed by atoms with E-state index in [1.807, 2.05) is 86.6 Å². The molecule has 3 aromatic carbocycles. The van der Waals surface area contributed by atoms with Crippen molar-refractivity contribution in [3.8, 4) is 11.4 Å². The molecule has 0 saturated heterocycles. The predicted octanol–water partition coefficient (Wildman–Crippen LogP) is 5.00. The second-order valence-corrected chi connectivity index (χ2v) is 8.78. The summed E-state index contributed by atoms with van der Waals surface area (Å²) in [5.41, 5.74) is 5.88. The van der Waals surface area contributed by atoms with Crippen molar-refractivity contribution in [1.82, 2.24) is 19.6 Å². The lowest BCUT2D eigenvalue weighted by molar-refractivity contribution is 0.830. The summed E-state index contributed by atoms with van der Waals surface area (Å²) in [6, 6.07) is 27.1. The molecule has 0 unspecified atom stereocenters. The third-order valence-corrected chi connectivity index (χ3v) is 6.56. The van der Waals surface area contributed by atoms with Gasteiger partial charge in [-0.05, 0) is 55.7 Å². The monoisotopic (exact) mass is 464 g/mol. The minimum Gasteiger partial charge on any atom is -0.295 e. The number of H-pyrrole nitrogens is 2. The van der Waals surface area contributed by atoms with Gasteiger partial charge in [0.05, 0.1) is 22.5 Å². The molecule has 5 rings (SSSR count). The van der Waals surface area contributed by atoms with Crippen molar-refractivity contribution in [2.24, 2.45) is 0 Å². The van der Waals surface area contributed by atoms with Crippen molar-refractivity contribution < 1.29 is 0 Å². The van der Waals surface area contributed by atoms with Gasteiger partial charge < -0.3 is 0 Å². The van der Waals surface area contributed by atoms with E-state index in [1.165, 1.54) is 5.56 Å². The van der Waals surface area contributed by atoms with E-state index in [4.69, 9.17) is 0 Å². The lowest BCUT2D eigenvalue weighted by Gasteiger charge is -2.16.